The molecule has 7 heteroatoms. The maximum Gasteiger partial charge on any atom is 0.229 e. The Morgan fingerprint density at radius 1 is 1.14 bits per heavy atom. The van der Waals surface area contributed by atoms with Crippen LogP contribution in [0.25, 0.3) is 0 Å². The Morgan fingerprint density at radius 3 is 2.52 bits per heavy atom. The molecule has 3 N–H and O–H groups in total. The Labute approximate surface area is 128 Å². The fourth-order valence-electron chi connectivity index (χ4n) is 1.89. The number of aliphatic hydroxyl groups excluding tert-OH is 1. The third-order valence-corrected chi connectivity index (χ3v) is 2.99. The van der Waals surface area contributed by atoms with E-state index < -0.39 is 0 Å². The summed E-state index contributed by atoms with van der Waals surface area (Å²) in [7, 11) is 0. The number of hydrogen-bond acceptors (Lipinski definition) is 6. The van der Waals surface area contributed by atoms with Crippen molar-refractivity contribution in [3.63, 3.8) is 0 Å². The largest absolute Gasteiger partial charge is 0.394 e. The Bertz CT molecular complexity index is 567. The van der Waals surface area contributed by atoms with Gasteiger partial charge in [0.2, 0.25) is 17.2 Å². The normalized spacial score (nSPS) is 12.0. The maximum atomic E-state index is 9.51. The van der Waals surface area contributed by atoms with Gasteiger partial charge in [0.25, 0.3) is 0 Å². The molecule has 6 nitrogen and oxygen atoms in total. The summed E-state index contributed by atoms with van der Waals surface area (Å²) in [4.78, 5) is 12.2. The van der Waals surface area contributed by atoms with E-state index in [0.29, 0.717) is 24.9 Å². The molecule has 0 bridgehead atoms. The standard InChI is InChI=1S/C14H18ClN5O/c1-2-16-13-18-12(15)19-14(20-13)17-11(9-21)8-10-6-4-3-5-7-10/h3-7,11,21H,2,8-9H2,1H3,(H2,16,17,18,19,20). The Kier molecular flexibility index (Phi) is 5.71. The van der Waals surface area contributed by atoms with Crippen LogP contribution in [0.3, 0.4) is 0 Å². The SMILES string of the molecule is CCNc1nc(Cl)nc(NC(CO)Cc2ccccc2)n1. The first-order valence-corrected chi connectivity index (χ1v) is 7.15. The number of anilines is 2. The first kappa shape index (κ1) is 15.5. The van der Waals surface area contributed by atoms with Gasteiger partial charge in [-0.05, 0) is 30.5 Å². The van der Waals surface area contributed by atoms with Crippen LogP contribution in [-0.2, 0) is 6.42 Å². The lowest BCUT2D eigenvalue weighted by Crippen LogP contribution is -2.27. The van der Waals surface area contributed by atoms with E-state index in [2.05, 4.69) is 25.6 Å². The van der Waals surface area contributed by atoms with Crippen molar-refractivity contribution in [2.75, 3.05) is 23.8 Å². The third kappa shape index (κ3) is 4.84. The van der Waals surface area contributed by atoms with Crippen molar-refractivity contribution in [1.82, 2.24) is 15.0 Å². The molecule has 0 amide bonds. The Hall–Kier alpha value is -1.92. The lowest BCUT2D eigenvalue weighted by atomic mass is 10.1. The fraction of sp³-hybridized carbons (Fsp3) is 0.357. The number of benzene rings is 1. The Balaban J connectivity index is 2.07. The summed E-state index contributed by atoms with van der Waals surface area (Å²) in [6.45, 7) is 2.60. The number of rotatable bonds is 7. The summed E-state index contributed by atoms with van der Waals surface area (Å²) in [5.41, 5.74) is 1.12. The van der Waals surface area contributed by atoms with Crippen molar-refractivity contribution in [2.45, 2.75) is 19.4 Å². The van der Waals surface area contributed by atoms with Gasteiger partial charge >= 0.3 is 0 Å². The monoisotopic (exact) mass is 307 g/mol. The topological polar surface area (TPSA) is 83.0 Å². The molecule has 0 spiro atoms. The molecule has 1 heterocycles. The van der Waals surface area contributed by atoms with E-state index in [4.69, 9.17) is 11.6 Å². The van der Waals surface area contributed by atoms with E-state index in [0.717, 1.165) is 5.56 Å². The van der Waals surface area contributed by atoms with Crippen LogP contribution in [0.5, 0.6) is 0 Å². The minimum Gasteiger partial charge on any atom is -0.394 e. The van der Waals surface area contributed by atoms with E-state index in [-0.39, 0.29) is 17.9 Å². The van der Waals surface area contributed by atoms with Gasteiger partial charge in [-0.1, -0.05) is 30.3 Å². The average Bonchev–Trinajstić information content (AvgIpc) is 2.47. The number of hydrogen-bond donors (Lipinski definition) is 3. The second-order valence-corrected chi connectivity index (χ2v) is 4.83. The van der Waals surface area contributed by atoms with E-state index in [9.17, 15) is 5.11 Å². The van der Waals surface area contributed by atoms with E-state index in [1.54, 1.807) is 0 Å². The van der Waals surface area contributed by atoms with Crippen molar-refractivity contribution >= 4 is 23.5 Å². The minimum atomic E-state index is -0.194. The highest BCUT2D eigenvalue weighted by Gasteiger charge is 2.12. The number of nitrogens with one attached hydrogen (secondary N) is 2. The van der Waals surface area contributed by atoms with Crippen LogP contribution in [0.1, 0.15) is 12.5 Å². The zero-order valence-electron chi connectivity index (χ0n) is 11.8. The van der Waals surface area contributed by atoms with Gasteiger partial charge in [0.15, 0.2) is 0 Å². The van der Waals surface area contributed by atoms with Crippen LogP contribution >= 0.6 is 11.6 Å². The molecule has 1 atom stereocenters. The molecule has 2 rings (SSSR count). The second kappa shape index (κ2) is 7.75. The molecule has 0 fully saturated rings. The van der Waals surface area contributed by atoms with E-state index >= 15 is 0 Å². The average molecular weight is 308 g/mol. The van der Waals surface area contributed by atoms with Crippen LogP contribution in [0, 0.1) is 0 Å². The Morgan fingerprint density at radius 2 is 1.86 bits per heavy atom. The summed E-state index contributed by atoms with van der Waals surface area (Å²) < 4.78 is 0. The van der Waals surface area contributed by atoms with Crippen LogP contribution in [-0.4, -0.2) is 39.3 Å². The smallest absolute Gasteiger partial charge is 0.229 e. The number of nitrogens with zero attached hydrogens (tertiary/aromatic N) is 3. The summed E-state index contributed by atoms with van der Waals surface area (Å²) in [5.74, 6) is 0.761. The zero-order chi connectivity index (χ0) is 15.1. The molecule has 0 saturated heterocycles. The molecule has 1 aromatic carbocycles. The predicted molar refractivity (Wildman–Crippen MR) is 83.6 cm³/mol. The van der Waals surface area contributed by atoms with Crippen LogP contribution in [0.2, 0.25) is 5.28 Å². The molecule has 0 saturated carbocycles. The predicted octanol–water partition coefficient (Wildman–Crippen LogP) is 1.97. The van der Waals surface area contributed by atoms with Gasteiger partial charge in [0.1, 0.15) is 0 Å². The second-order valence-electron chi connectivity index (χ2n) is 4.50. The lowest BCUT2D eigenvalue weighted by Gasteiger charge is -2.16. The molecule has 0 aliphatic rings. The molecule has 0 radical (unpaired) electrons. The molecule has 2 aromatic rings. The highest BCUT2D eigenvalue weighted by Crippen LogP contribution is 2.12. The van der Waals surface area contributed by atoms with Gasteiger partial charge in [-0.3, -0.25) is 0 Å². The molecule has 21 heavy (non-hydrogen) atoms. The van der Waals surface area contributed by atoms with E-state index in [1.165, 1.54) is 0 Å². The van der Waals surface area contributed by atoms with Crippen molar-refractivity contribution < 1.29 is 5.11 Å². The minimum absolute atomic E-state index is 0.0330. The molecule has 1 aromatic heterocycles. The highest BCUT2D eigenvalue weighted by atomic mass is 35.5. The van der Waals surface area contributed by atoms with Crippen molar-refractivity contribution in [1.29, 1.82) is 0 Å². The quantitative estimate of drug-likeness (QED) is 0.725. The third-order valence-electron chi connectivity index (χ3n) is 2.82. The molecule has 0 aliphatic carbocycles. The summed E-state index contributed by atoms with van der Waals surface area (Å²) in [5, 5.41) is 15.7. The molecular formula is C14H18ClN5O. The first-order valence-electron chi connectivity index (χ1n) is 6.78. The number of halogens is 1. The van der Waals surface area contributed by atoms with Gasteiger partial charge < -0.3 is 15.7 Å². The summed E-state index contributed by atoms with van der Waals surface area (Å²) >= 11 is 5.87. The molecular weight excluding hydrogens is 290 g/mol. The van der Waals surface area contributed by atoms with Crippen LogP contribution in [0.15, 0.2) is 30.3 Å². The zero-order valence-corrected chi connectivity index (χ0v) is 12.5. The molecule has 0 aliphatic heterocycles. The summed E-state index contributed by atoms with van der Waals surface area (Å²) in [6, 6.07) is 9.71. The van der Waals surface area contributed by atoms with Gasteiger partial charge in [0.05, 0.1) is 12.6 Å². The van der Waals surface area contributed by atoms with Crippen molar-refractivity contribution in [3.05, 3.63) is 41.2 Å². The lowest BCUT2D eigenvalue weighted by molar-refractivity contribution is 0.273. The number of aromatic nitrogens is 3. The van der Waals surface area contributed by atoms with Gasteiger partial charge in [-0.15, -0.1) is 0 Å². The molecule has 112 valence electrons. The fourth-order valence-corrected chi connectivity index (χ4v) is 2.05. The van der Waals surface area contributed by atoms with Crippen LogP contribution < -0.4 is 10.6 Å². The van der Waals surface area contributed by atoms with Crippen LogP contribution in [0.4, 0.5) is 11.9 Å². The highest BCUT2D eigenvalue weighted by molar-refractivity contribution is 6.28. The van der Waals surface area contributed by atoms with Gasteiger partial charge in [0, 0.05) is 6.54 Å². The van der Waals surface area contributed by atoms with Crippen molar-refractivity contribution in [2.24, 2.45) is 0 Å². The van der Waals surface area contributed by atoms with Crippen molar-refractivity contribution in [3.8, 4) is 0 Å². The van der Waals surface area contributed by atoms with Gasteiger partial charge in [-0.25, -0.2) is 0 Å². The van der Waals surface area contributed by atoms with E-state index in [1.807, 2.05) is 37.3 Å². The van der Waals surface area contributed by atoms with Gasteiger partial charge in [-0.2, -0.15) is 15.0 Å². The first-order chi connectivity index (χ1) is 10.2. The summed E-state index contributed by atoms with van der Waals surface area (Å²) in [6.07, 6.45) is 0.664. The molecule has 1 unspecified atom stereocenters. The number of aliphatic hydroxyl groups is 1. The maximum absolute atomic E-state index is 9.51.